The van der Waals surface area contributed by atoms with Gasteiger partial charge in [-0.25, -0.2) is 9.18 Å². The zero-order chi connectivity index (χ0) is 13.2. The zero-order valence-electron chi connectivity index (χ0n) is 10.1. The Kier molecular flexibility index (Phi) is 2.87. The molecule has 1 N–H and O–H groups in total. The number of amides is 2. The smallest absolute Gasteiger partial charge is 0.322 e. The first-order chi connectivity index (χ1) is 9.25. The second-order valence-corrected chi connectivity index (χ2v) is 4.30. The summed E-state index contributed by atoms with van der Waals surface area (Å²) in [6.45, 7) is 0.493. The van der Waals surface area contributed by atoms with Gasteiger partial charge in [0.05, 0.1) is 11.7 Å². The molecule has 1 saturated heterocycles. The molecular formula is C14H12FN3O. The fraction of sp³-hybridized carbons (Fsp3) is 0.143. The lowest BCUT2D eigenvalue weighted by molar-refractivity contribution is 0.251. The molecule has 1 unspecified atom stereocenters. The van der Waals surface area contributed by atoms with E-state index in [2.05, 4.69) is 10.3 Å². The van der Waals surface area contributed by atoms with Crippen molar-refractivity contribution < 1.29 is 9.18 Å². The van der Waals surface area contributed by atoms with Crippen molar-refractivity contribution in [3.63, 3.8) is 0 Å². The molecule has 0 bridgehead atoms. The molecule has 0 spiro atoms. The third-order valence-electron chi connectivity index (χ3n) is 3.11. The van der Waals surface area contributed by atoms with Crippen LogP contribution in [0.5, 0.6) is 0 Å². The fourth-order valence-electron chi connectivity index (χ4n) is 2.21. The Morgan fingerprint density at radius 1 is 1.21 bits per heavy atom. The van der Waals surface area contributed by atoms with Crippen molar-refractivity contribution in [3.8, 4) is 0 Å². The van der Waals surface area contributed by atoms with Crippen molar-refractivity contribution in [1.82, 2.24) is 10.3 Å². The second kappa shape index (κ2) is 4.68. The van der Waals surface area contributed by atoms with Gasteiger partial charge in [-0.1, -0.05) is 6.07 Å². The Hall–Kier alpha value is -2.43. The van der Waals surface area contributed by atoms with Crippen molar-refractivity contribution in [2.24, 2.45) is 0 Å². The van der Waals surface area contributed by atoms with Crippen LogP contribution >= 0.6 is 0 Å². The summed E-state index contributed by atoms with van der Waals surface area (Å²) in [6, 6.07) is 11.1. The number of urea groups is 1. The normalized spacial score (nSPS) is 18.5. The molecule has 96 valence electrons. The number of hydrogen-bond acceptors (Lipinski definition) is 2. The molecule has 2 heterocycles. The maximum Gasteiger partial charge on any atom is 0.322 e. The lowest BCUT2D eigenvalue weighted by Crippen LogP contribution is -2.29. The molecule has 0 aliphatic carbocycles. The minimum absolute atomic E-state index is 0.167. The van der Waals surface area contributed by atoms with E-state index in [0.29, 0.717) is 12.2 Å². The van der Waals surface area contributed by atoms with Gasteiger partial charge in [-0.15, -0.1) is 0 Å². The van der Waals surface area contributed by atoms with Crippen molar-refractivity contribution in [1.29, 1.82) is 0 Å². The predicted octanol–water partition coefficient (Wildman–Crippen LogP) is 2.49. The first-order valence-corrected chi connectivity index (χ1v) is 5.99. The molecule has 19 heavy (non-hydrogen) atoms. The van der Waals surface area contributed by atoms with Crippen molar-refractivity contribution in [3.05, 3.63) is 60.2 Å². The number of benzene rings is 1. The van der Waals surface area contributed by atoms with E-state index in [1.807, 2.05) is 18.2 Å². The van der Waals surface area contributed by atoms with E-state index in [4.69, 9.17) is 0 Å². The molecule has 1 aliphatic heterocycles. The second-order valence-electron chi connectivity index (χ2n) is 4.30. The molecule has 0 radical (unpaired) electrons. The molecule has 1 aliphatic rings. The van der Waals surface area contributed by atoms with E-state index in [-0.39, 0.29) is 17.9 Å². The molecule has 2 aromatic rings. The van der Waals surface area contributed by atoms with Crippen LogP contribution in [0.25, 0.3) is 0 Å². The highest BCUT2D eigenvalue weighted by Crippen LogP contribution is 2.29. The first-order valence-electron chi connectivity index (χ1n) is 5.99. The van der Waals surface area contributed by atoms with E-state index < -0.39 is 0 Å². The number of pyridine rings is 1. The van der Waals surface area contributed by atoms with Crippen LogP contribution in [0.4, 0.5) is 14.9 Å². The summed E-state index contributed by atoms with van der Waals surface area (Å²) in [5.41, 5.74) is 1.47. The standard InChI is InChI=1S/C14H12FN3O/c15-10-4-6-11(7-5-10)18-13(9-17-14(18)19)12-3-1-2-8-16-12/h1-8,13H,9H2,(H,17,19). The van der Waals surface area contributed by atoms with E-state index in [1.54, 1.807) is 23.2 Å². The van der Waals surface area contributed by atoms with Crippen LogP contribution < -0.4 is 10.2 Å². The largest absolute Gasteiger partial charge is 0.335 e. The first kappa shape index (κ1) is 11.6. The molecule has 3 rings (SSSR count). The molecule has 5 heteroatoms. The molecule has 1 atom stereocenters. The van der Waals surface area contributed by atoms with Gasteiger partial charge in [0.2, 0.25) is 0 Å². The van der Waals surface area contributed by atoms with Crippen LogP contribution in [0.1, 0.15) is 11.7 Å². The van der Waals surface area contributed by atoms with E-state index >= 15 is 0 Å². The summed E-state index contributed by atoms with van der Waals surface area (Å²) in [6.07, 6.45) is 1.70. The van der Waals surface area contributed by atoms with E-state index in [0.717, 1.165) is 5.69 Å². The highest BCUT2D eigenvalue weighted by atomic mass is 19.1. The molecule has 2 amide bonds. The van der Waals surface area contributed by atoms with E-state index in [9.17, 15) is 9.18 Å². The summed E-state index contributed by atoms with van der Waals surface area (Å²) in [4.78, 5) is 17.8. The molecule has 4 nitrogen and oxygen atoms in total. The quantitative estimate of drug-likeness (QED) is 0.898. The lowest BCUT2D eigenvalue weighted by Gasteiger charge is -2.22. The molecule has 0 saturated carbocycles. The average Bonchev–Trinajstić information content (AvgIpc) is 2.83. The summed E-state index contributed by atoms with van der Waals surface area (Å²) < 4.78 is 13.0. The van der Waals surface area contributed by atoms with Crippen LogP contribution in [0.2, 0.25) is 0 Å². The number of carbonyl (C=O) groups is 1. The maximum atomic E-state index is 13.0. The third-order valence-corrected chi connectivity index (χ3v) is 3.11. The minimum Gasteiger partial charge on any atom is -0.335 e. The van der Waals surface area contributed by atoms with Crippen LogP contribution in [0.3, 0.4) is 0 Å². The van der Waals surface area contributed by atoms with Crippen molar-refractivity contribution >= 4 is 11.7 Å². The number of aromatic nitrogens is 1. The van der Waals surface area contributed by atoms with Crippen LogP contribution in [-0.4, -0.2) is 17.6 Å². The van der Waals surface area contributed by atoms with Gasteiger partial charge in [0.1, 0.15) is 5.82 Å². The number of rotatable bonds is 2. The van der Waals surface area contributed by atoms with Crippen LogP contribution in [0.15, 0.2) is 48.7 Å². The third kappa shape index (κ3) is 2.14. The van der Waals surface area contributed by atoms with Gasteiger partial charge in [-0.2, -0.15) is 0 Å². The maximum absolute atomic E-state index is 13.0. The molecular weight excluding hydrogens is 245 g/mol. The topological polar surface area (TPSA) is 45.2 Å². The predicted molar refractivity (Wildman–Crippen MR) is 69.3 cm³/mol. The minimum atomic E-state index is -0.322. The summed E-state index contributed by atoms with van der Waals surface area (Å²) in [5, 5.41) is 2.78. The number of hydrogen-bond donors (Lipinski definition) is 1. The Morgan fingerprint density at radius 3 is 2.68 bits per heavy atom. The Bertz CT molecular complexity index is 585. The molecule has 1 aromatic carbocycles. The highest BCUT2D eigenvalue weighted by molar-refractivity contribution is 5.95. The van der Waals surface area contributed by atoms with Crippen LogP contribution in [-0.2, 0) is 0 Å². The van der Waals surface area contributed by atoms with Crippen molar-refractivity contribution in [2.75, 3.05) is 11.4 Å². The Morgan fingerprint density at radius 2 is 2.00 bits per heavy atom. The molecule has 1 fully saturated rings. The number of carbonyl (C=O) groups excluding carboxylic acids is 1. The van der Waals surface area contributed by atoms with Gasteiger partial charge in [-0.05, 0) is 36.4 Å². The number of halogens is 1. The molecule has 1 aromatic heterocycles. The van der Waals surface area contributed by atoms with Gasteiger partial charge >= 0.3 is 6.03 Å². The highest BCUT2D eigenvalue weighted by Gasteiger charge is 2.33. The van der Waals surface area contributed by atoms with E-state index in [1.165, 1.54) is 12.1 Å². The number of nitrogens with one attached hydrogen (secondary N) is 1. The summed E-state index contributed by atoms with van der Waals surface area (Å²) >= 11 is 0. The zero-order valence-corrected chi connectivity index (χ0v) is 10.1. The number of nitrogens with zero attached hydrogens (tertiary/aromatic N) is 2. The van der Waals surface area contributed by atoms with Gasteiger partial charge in [0.25, 0.3) is 0 Å². The van der Waals surface area contributed by atoms with Crippen LogP contribution in [0, 0.1) is 5.82 Å². The summed E-state index contributed by atoms with van der Waals surface area (Å²) in [5.74, 6) is -0.322. The summed E-state index contributed by atoms with van der Waals surface area (Å²) in [7, 11) is 0. The number of anilines is 1. The Balaban J connectivity index is 1.97. The SMILES string of the molecule is O=C1NCC(c2ccccn2)N1c1ccc(F)cc1. The van der Waals surface area contributed by atoms with Crippen molar-refractivity contribution in [2.45, 2.75) is 6.04 Å². The van der Waals surface area contributed by atoms with Gasteiger partial charge < -0.3 is 5.32 Å². The van der Waals surface area contributed by atoms with Gasteiger partial charge in [-0.3, -0.25) is 9.88 Å². The van der Waals surface area contributed by atoms with Gasteiger partial charge in [0.15, 0.2) is 0 Å². The fourth-order valence-corrected chi connectivity index (χ4v) is 2.21. The van der Waals surface area contributed by atoms with Gasteiger partial charge in [0, 0.05) is 18.4 Å². The average molecular weight is 257 g/mol. The lowest BCUT2D eigenvalue weighted by atomic mass is 10.1. The Labute approximate surface area is 109 Å². The monoisotopic (exact) mass is 257 g/mol.